The molecule has 20 heavy (non-hydrogen) atoms. The highest BCUT2D eigenvalue weighted by Gasteiger charge is 2.05. The van der Waals surface area contributed by atoms with Gasteiger partial charge in [-0.15, -0.1) is 0 Å². The van der Waals surface area contributed by atoms with Crippen LogP contribution < -0.4 is 15.2 Å². The first kappa shape index (κ1) is 14.1. The molecule has 0 amide bonds. The number of methoxy groups -OCH3 is 1. The normalized spacial score (nSPS) is 10.3. The number of hydrogen-bond donors (Lipinski definition) is 1. The van der Waals surface area contributed by atoms with Gasteiger partial charge in [0.2, 0.25) is 17.7 Å². The van der Waals surface area contributed by atoms with E-state index in [1.54, 1.807) is 6.07 Å². The van der Waals surface area contributed by atoms with E-state index in [0.29, 0.717) is 17.5 Å². The Hall–Kier alpha value is -2.30. The first-order valence-corrected chi connectivity index (χ1v) is 6.66. The van der Waals surface area contributed by atoms with Crippen LogP contribution in [-0.4, -0.2) is 17.1 Å². The number of hydrogen-bond acceptors (Lipinski definition) is 5. The van der Waals surface area contributed by atoms with Crippen molar-refractivity contribution in [2.24, 2.45) is 0 Å². The van der Waals surface area contributed by atoms with Crippen molar-refractivity contribution in [2.75, 3.05) is 12.8 Å². The zero-order valence-electron chi connectivity index (χ0n) is 11.8. The minimum absolute atomic E-state index is 0.124. The fourth-order valence-corrected chi connectivity index (χ4v) is 1.80. The first-order chi connectivity index (χ1) is 9.71. The van der Waals surface area contributed by atoms with Crippen molar-refractivity contribution in [1.29, 1.82) is 0 Å². The highest BCUT2D eigenvalue weighted by atomic mass is 16.5. The molecule has 0 unspecified atom stereocenters. The van der Waals surface area contributed by atoms with Crippen molar-refractivity contribution in [3.8, 4) is 17.5 Å². The second-order valence-corrected chi connectivity index (χ2v) is 4.46. The highest BCUT2D eigenvalue weighted by molar-refractivity contribution is 5.34. The van der Waals surface area contributed by atoms with Crippen molar-refractivity contribution in [2.45, 2.75) is 26.2 Å². The summed E-state index contributed by atoms with van der Waals surface area (Å²) in [6.45, 7) is 2.18. The monoisotopic (exact) mass is 273 g/mol. The molecule has 1 aromatic carbocycles. The predicted molar refractivity (Wildman–Crippen MR) is 78.1 cm³/mol. The molecule has 1 heterocycles. The number of nitrogens with zero attached hydrogens (tertiary/aromatic N) is 2. The molecule has 0 radical (unpaired) electrons. The summed E-state index contributed by atoms with van der Waals surface area (Å²) in [5.41, 5.74) is 6.89. The second kappa shape index (κ2) is 6.75. The molecule has 0 saturated carbocycles. The third kappa shape index (κ3) is 3.85. The molecule has 0 aliphatic rings. The van der Waals surface area contributed by atoms with E-state index in [2.05, 4.69) is 29.0 Å². The largest absolute Gasteiger partial charge is 0.481 e. The maximum atomic E-state index is 5.65. The van der Waals surface area contributed by atoms with Crippen LogP contribution in [-0.2, 0) is 6.42 Å². The van der Waals surface area contributed by atoms with E-state index in [1.807, 2.05) is 12.1 Å². The van der Waals surface area contributed by atoms with Gasteiger partial charge in [0.15, 0.2) is 0 Å². The third-order valence-electron chi connectivity index (χ3n) is 2.87. The molecule has 0 aliphatic carbocycles. The van der Waals surface area contributed by atoms with Crippen LogP contribution in [0.2, 0.25) is 0 Å². The zero-order valence-corrected chi connectivity index (χ0v) is 11.8. The Bertz CT molecular complexity index is 556. The van der Waals surface area contributed by atoms with Gasteiger partial charge in [-0.1, -0.05) is 25.5 Å². The summed E-state index contributed by atoms with van der Waals surface area (Å²) >= 11 is 0. The molecule has 0 bridgehead atoms. The van der Waals surface area contributed by atoms with E-state index in [0.717, 1.165) is 6.42 Å². The van der Waals surface area contributed by atoms with Crippen LogP contribution in [0.3, 0.4) is 0 Å². The average Bonchev–Trinajstić information content (AvgIpc) is 2.46. The van der Waals surface area contributed by atoms with E-state index < -0.39 is 0 Å². The Morgan fingerprint density at radius 1 is 1.10 bits per heavy atom. The van der Waals surface area contributed by atoms with Crippen LogP contribution in [0.25, 0.3) is 0 Å². The zero-order chi connectivity index (χ0) is 14.4. The molecule has 2 N–H and O–H groups in total. The molecule has 0 saturated heterocycles. The number of rotatable bonds is 6. The average molecular weight is 273 g/mol. The van der Waals surface area contributed by atoms with Crippen molar-refractivity contribution in [1.82, 2.24) is 9.97 Å². The maximum Gasteiger partial charge on any atom is 0.227 e. The van der Waals surface area contributed by atoms with Crippen molar-refractivity contribution >= 4 is 5.95 Å². The highest BCUT2D eigenvalue weighted by Crippen LogP contribution is 2.23. The van der Waals surface area contributed by atoms with Crippen LogP contribution >= 0.6 is 0 Å². The van der Waals surface area contributed by atoms with Gasteiger partial charge in [-0.05, 0) is 30.5 Å². The number of ether oxygens (including phenoxy) is 2. The number of aromatic nitrogens is 2. The molecule has 0 atom stereocenters. The van der Waals surface area contributed by atoms with E-state index in [9.17, 15) is 0 Å². The molecule has 5 nitrogen and oxygen atoms in total. The Balaban J connectivity index is 2.07. The summed E-state index contributed by atoms with van der Waals surface area (Å²) in [6.07, 6.45) is 3.48. The van der Waals surface area contributed by atoms with Crippen molar-refractivity contribution in [3.05, 3.63) is 35.9 Å². The van der Waals surface area contributed by atoms with E-state index in [4.69, 9.17) is 15.2 Å². The van der Waals surface area contributed by atoms with Gasteiger partial charge in [0.1, 0.15) is 5.75 Å². The summed E-state index contributed by atoms with van der Waals surface area (Å²) in [4.78, 5) is 7.92. The molecule has 0 aliphatic heterocycles. The lowest BCUT2D eigenvalue weighted by molar-refractivity contribution is 0.389. The summed E-state index contributed by atoms with van der Waals surface area (Å²) in [6, 6.07) is 9.58. The standard InChI is InChI=1S/C15H19N3O2/c1-3-4-5-11-6-8-12(9-7-11)20-14-10-13(19-2)17-15(16)18-14/h6-10H,3-5H2,1-2H3,(H2,16,17,18). The Labute approximate surface area is 118 Å². The predicted octanol–water partition coefficient (Wildman–Crippen LogP) is 3.20. The molecule has 5 heteroatoms. The number of nitrogens with two attached hydrogens (primary N) is 1. The molecule has 0 spiro atoms. The van der Waals surface area contributed by atoms with Crippen LogP contribution in [0, 0.1) is 0 Å². The van der Waals surface area contributed by atoms with Gasteiger partial charge in [0.25, 0.3) is 0 Å². The second-order valence-electron chi connectivity index (χ2n) is 4.46. The first-order valence-electron chi connectivity index (χ1n) is 6.66. The lowest BCUT2D eigenvalue weighted by Crippen LogP contribution is -1.99. The molecule has 0 fully saturated rings. The summed E-state index contributed by atoms with van der Waals surface area (Å²) in [5.74, 6) is 1.59. The van der Waals surface area contributed by atoms with Crippen LogP contribution in [0.15, 0.2) is 30.3 Å². The Morgan fingerprint density at radius 3 is 2.45 bits per heavy atom. The number of aryl methyl sites for hydroxylation is 1. The lowest BCUT2D eigenvalue weighted by atomic mass is 10.1. The van der Waals surface area contributed by atoms with Crippen LogP contribution in [0.1, 0.15) is 25.3 Å². The SMILES string of the molecule is CCCCc1ccc(Oc2cc(OC)nc(N)n2)cc1. The number of benzene rings is 1. The van der Waals surface area contributed by atoms with Crippen molar-refractivity contribution in [3.63, 3.8) is 0 Å². The van der Waals surface area contributed by atoms with Crippen LogP contribution in [0.4, 0.5) is 5.95 Å². The smallest absolute Gasteiger partial charge is 0.227 e. The molecular formula is C15H19N3O2. The van der Waals surface area contributed by atoms with Crippen LogP contribution in [0.5, 0.6) is 17.5 Å². The van der Waals surface area contributed by atoms with Gasteiger partial charge in [-0.3, -0.25) is 0 Å². The number of nitrogen functional groups attached to an aromatic ring is 1. The third-order valence-corrected chi connectivity index (χ3v) is 2.87. The molecule has 1 aromatic heterocycles. The summed E-state index contributed by atoms with van der Waals surface area (Å²) in [5, 5.41) is 0. The quantitative estimate of drug-likeness (QED) is 0.875. The molecule has 2 aromatic rings. The van der Waals surface area contributed by atoms with Gasteiger partial charge in [0, 0.05) is 0 Å². The van der Waals surface area contributed by atoms with Gasteiger partial charge < -0.3 is 15.2 Å². The van der Waals surface area contributed by atoms with Gasteiger partial charge in [0.05, 0.1) is 13.2 Å². The van der Waals surface area contributed by atoms with Gasteiger partial charge in [-0.25, -0.2) is 0 Å². The van der Waals surface area contributed by atoms with E-state index in [1.165, 1.54) is 25.5 Å². The van der Waals surface area contributed by atoms with Crippen molar-refractivity contribution < 1.29 is 9.47 Å². The Kier molecular flexibility index (Phi) is 4.76. The summed E-state index contributed by atoms with van der Waals surface area (Å²) in [7, 11) is 1.52. The minimum atomic E-state index is 0.124. The molecular weight excluding hydrogens is 254 g/mol. The number of anilines is 1. The maximum absolute atomic E-state index is 5.65. The fourth-order valence-electron chi connectivity index (χ4n) is 1.80. The topological polar surface area (TPSA) is 70.3 Å². The number of unbranched alkanes of at least 4 members (excludes halogenated alkanes) is 1. The fraction of sp³-hybridized carbons (Fsp3) is 0.333. The minimum Gasteiger partial charge on any atom is -0.481 e. The van der Waals surface area contributed by atoms with Gasteiger partial charge in [-0.2, -0.15) is 9.97 Å². The molecule has 2 rings (SSSR count). The van der Waals surface area contributed by atoms with E-state index >= 15 is 0 Å². The summed E-state index contributed by atoms with van der Waals surface area (Å²) < 4.78 is 10.7. The molecule has 106 valence electrons. The van der Waals surface area contributed by atoms with E-state index in [-0.39, 0.29) is 5.95 Å². The van der Waals surface area contributed by atoms with Gasteiger partial charge >= 0.3 is 0 Å². The lowest BCUT2D eigenvalue weighted by Gasteiger charge is -2.07. The Morgan fingerprint density at radius 2 is 1.80 bits per heavy atom.